The molecule has 2 aliphatic heterocycles. The number of nitrogens with zero attached hydrogens (tertiary/aromatic N) is 4. The van der Waals surface area contributed by atoms with E-state index in [0.717, 1.165) is 24.5 Å². The highest BCUT2D eigenvalue weighted by molar-refractivity contribution is 5.68. The molecule has 2 aromatic heterocycles. The SMILES string of the molecule is CC1(CN2CCC3(CCCO3)C2)CCC(Nc2cc(-c3cccnc3C3CC3)cnn2)CC1. The molecule has 0 radical (unpaired) electrons. The molecule has 0 bridgehead atoms. The van der Waals surface area contributed by atoms with Crippen molar-refractivity contribution in [2.45, 2.75) is 82.3 Å². The van der Waals surface area contributed by atoms with E-state index < -0.39 is 0 Å². The van der Waals surface area contributed by atoms with Gasteiger partial charge in [0.2, 0.25) is 0 Å². The Balaban J connectivity index is 1.06. The van der Waals surface area contributed by atoms with Gasteiger partial charge >= 0.3 is 0 Å². The fourth-order valence-electron chi connectivity index (χ4n) is 6.43. The van der Waals surface area contributed by atoms with Crippen LogP contribution < -0.4 is 5.32 Å². The number of hydrogen-bond acceptors (Lipinski definition) is 6. The molecular formula is C27H37N5O. The van der Waals surface area contributed by atoms with Crippen molar-refractivity contribution in [3.05, 3.63) is 36.3 Å². The molecule has 33 heavy (non-hydrogen) atoms. The zero-order chi connectivity index (χ0) is 22.3. The van der Waals surface area contributed by atoms with Gasteiger partial charge in [-0.05, 0) is 75.3 Å². The van der Waals surface area contributed by atoms with Crippen LogP contribution in [0.5, 0.6) is 0 Å². The van der Waals surface area contributed by atoms with Gasteiger partial charge in [-0.15, -0.1) is 5.10 Å². The van der Waals surface area contributed by atoms with E-state index in [1.807, 2.05) is 18.5 Å². The third-order valence-electron chi connectivity index (χ3n) is 8.50. The van der Waals surface area contributed by atoms with E-state index in [9.17, 15) is 0 Å². The van der Waals surface area contributed by atoms with Crippen molar-refractivity contribution in [2.75, 3.05) is 31.6 Å². The molecule has 2 saturated carbocycles. The summed E-state index contributed by atoms with van der Waals surface area (Å²) < 4.78 is 6.13. The Morgan fingerprint density at radius 3 is 2.82 bits per heavy atom. The smallest absolute Gasteiger partial charge is 0.149 e. The number of pyridine rings is 1. The molecule has 2 saturated heterocycles. The quantitative estimate of drug-likeness (QED) is 0.670. The second-order valence-corrected chi connectivity index (χ2v) is 11.4. The van der Waals surface area contributed by atoms with Crippen LogP contribution >= 0.6 is 0 Å². The van der Waals surface area contributed by atoms with Crippen molar-refractivity contribution in [3.63, 3.8) is 0 Å². The van der Waals surface area contributed by atoms with Crippen LogP contribution in [0.25, 0.3) is 11.1 Å². The van der Waals surface area contributed by atoms with Gasteiger partial charge in [0.25, 0.3) is 0 Å². The molecule has 0 aromatic carbocycles. The van der Waals surface area contributed by atoms with E-state index in [-0.39, 0.29) is 5.60 Å². The second kappa shape index (κ2) is 8.62. The van der Waals surface area contributed by atoms with E-state index in [2.05, 4.69) is 44.5 Å². The lowest BCUT2D eigenvalue weighted by Gasteiger charge is -2.40. The highest BCUT2D eigenvalue weighted by Gasteiger charge is 2.43. The lowest BCUT2D eigenvalue weighted by atomic mass is 9.73. The summed E-state index contributed by atoms with van der Waals surface area (Å²) in [6.07, 6.45) is 14.9. The van der Waals surface area contributed by atoms with Gasteiger partial charge in [-0.1, -0.05) is 13.0 Å². The Hall–Kier alpha value is -2.05. The first-order valence-electron chi connectivity index (χ1n) is 13.0. The third-order valence-corrected chi connectivity index (χ3v) is 8.50. The van der Waals surface area contributed by atoms with Gasteiger partial charge in [0.05, 0.1) is 17.5 Å². The Morgan fingerprint density at radius 1 is 1.15 bits per heavy atom. The Labute approximate surface area is 197 Å². The molecule has 1 spiro atoms. The van der Waals surface area contributed by atoms with Gasteiger partial charge in [0.1, 0.15) is 5.82 Å². The molecule has 6 rings (SSSR count). The zero-order valence-electron chi connectivity index (χ0n) is 19.9. The summed E-state index contributed by atoms with van der Waals surface area (Å²) in [5.74, 6) is 1.51. The molecule has 6 nitrogen and oxygen atoms in total. The highest BCUT2D eigenvalue weighted by Crippen LogP contribution is 2.44. The molecular weight excluding hydrogens is 410 g/mol. The molecule has 2 aliphatic carbocycles. The lowest BCUT2D eigenvalue weighted by molar-refractivity contribution is 0.00807. The van der Waals surface area contributed by atoms with Gasteiger partial charge in [0.15, 0.2) is 0 Å². The maximum atomic E-state index is 6.13. The largest absolute Gasteiger partial charge is 0.374 e. The normalized spacial score (nSPS) is 32.5. The van der Waals surface area contributed by atoms with Crippen LogP contribution in [0, 0.1) is 5.41 Å². The molecule has 0 amide bonds. The molecule has 176 valence electrons. The predicted molar refractivity (Wildman–Crippen MR) is 130 cm³/mol. The molecule has 2 aromatic rings. The number of hydrogen-bond donors (Lipinski definition) is 1. The zero-order valence-corrected chi connectivity index (χ0v) is 19.9. The molecule has 4 fully saturated rings. The first-order valence-corrected chi connectivity index (χ1v) is 13.0. The molecule has 1 unspecified atom stereocenters. The van der Waals surface area contributed by atoms with Gasteiger partial charge in [-0.2, -0.15) is 5.10 Å². The van der Waals surface area contributed by atoms with Crippen molar-refractivity contribution >= 4 is 5.82 Å². The van der Waals surface area contributed by atoms with E-state index in [4.69, 9.17) is 4.74 Å². The topological polar surface area (TPSA) is 63.2 Å². The van der Waals surface area contributed by atoms with Crippen molar-refractivity contribution in [1.29, 1.82) is 0 Å². The summed E-state index contributed by atoms with van der Waals surface area (Å²) in [4.78, 5) is 7.34. The average molecular weight is 448 g/mol. The summed E-state index contributed by atoms with van der Waals surface area (Å²) >= 11 is 0. The van der Waals surface area contributed by atoms with Crippen molar-refractivity contribution in [3.8, 4) is 11.1 Å². The lowest BCUT2D eigenvalue weighted by Crippen LogP contribution is -2.41. The summed E-state index contributed by atoms with van der Waals surface area (Å²) in [6.45, 7) is 7.02. The molecule has 4 heterocycles. The fraction of sp³-hybridized carbons (Fsp3) is 0.667. The van der Waals surface area contributed by atoms with Gasteiger partial charge < -0.3 is 10.1 Å². The van der Waals surface area contributed by atoms with Crippen LogP contribution in [0.4, 0.5) is 5.82 Å². The predicted octanol–water partition coefficient (Wildman–Crippen LogP) is 5.03. The Kier molecular flexibility index (Phi) is 5.61. The number of anilines is 1. The number of ether oxygens (including phenoxy) is 1. The van der Waals surface area contributed by atoms with Crippen molar-refractivity contribution < 1.29 is 4.74 Å². The minimum Gasteiger partial charge on any atom is -0.374 e. The molecule has 4 aliphatic rings. The van der Waals surface area contributed by atoms with Crippen LogP contribution in [0.3, 0.4) is 0 Å². The second-order valence-electron chi connectivity index (χ2n) is 11.4. The van der Waals surface area contributed by atoms with Crippen molar-refractivity contribution in [2.24, 2.45) is 5.41 Å². The van der Waals surface area contributed by atoms with Crippen LogP contribution in [0.15, 0.2) is 30.6 Å². The minimum absolute atomic E-state index is 0.187. The van der Waals surface area contributed by atoms with Crippen LogP contribution in [-0.4, -0.2) is 58.0 Å². The first kappa shape index (κ1) is 21.5. The summed E-state index contributed by atoms with van der Waals surface area (Å²) in [6, 6.07) is 6.83. The average Bonchev–Trinajstić information content (AvgIpc) is 3.47. The maximum absolute atomic E-state index is 6.13. The molecule has 1 N–H and O–H groups in total. The van der Waals surface area contributed by atoms with Gasteiger partial charge in [-0.25, -0.2) is 0 Å². The monoisotopic (exact) mass is 447 g/mol. The summed E-state index contributed by atoms with van der Waals surface area (Å²) in [7, 11) is 0. The van der Waals surface area contributed by atoms with E-state index in [1.165, 1.54) is 82.1 Å². The minimum atomic E-state index is 0.187. The summed E-state index contributed by atoms with van der Waals surface area (Å²) in [5.41, 5.74) is 4.15. The highest BCUT2D eigenvalue weighted by atomic mass is 16.5. The molecule has 1 atom stereocenters. The fourth-order valence-corrected chi connectivity index (χ4v) is 6.43. The van der Waals surface area contributed by atoms with E-state index >= 15 is 0 Å². The number of nitrogens with one attached hydrogen (secondary N) is 1. The van der Waals surface area contributed by atoms with Crippen molar-refractivity contribution in [1.82, 2.24) is 20.1 Å². The van der Waals surface area contributed by atoms with Gasteiger partial charge in [0, 0.05) is 55.5 Å². The van der Waals surface area contributed by atoms with Gasteiger partial charge in [-0.3, -0.25) is 9.88 Å². The third kappa shape index (κ3) is 4.65. The standard InChI is InChI=1S/C27H37N5O/c1-26(18-32-14-12-27(19-32)9-3-15-33-27)10-7-22(8-11-26)30-24-16-21(17-29-31-24)23-4-2-13-28-25(23)20-5-6-20/h2,4,13,16-17,20,22H,3,5-12,14-15,18-19H2,1H3,(H,30,31). The number of rotatable bonds is 6. The Morgan fingerprint density at radius 2 is 2.03 bits per heavy atom. The first-order chi connectivity index (χ1) is 16.1. The maximum Gasteiger partial charge on any atom is 0.149 e. The Bertz CT molecular complexity index is 976. The van der Waals surface area contributed by atoms with Crippen LogP contribution in [0.2, 0.25) is 0 Å². The number of aromatic nitrogens is 3. The van der Waals surface area contributed by atoms with E-state index in [0.29, 0.717) is 17.4 Å². The van der Waals surface area contributed by atoms with Crippen LogP contribution in [-0.2, 0) is 4.74 Å². The van der Waals surface area contributed by atoms with E-state index in [1.54, 1.807) is 0 Å². The summed E-state index contributed by atoms with van der Waals surface area (Å²) in [5, 5.41) is 12.4. The van der Waals surface area contributed by atoms with Crippen LogP contribution in [0.1, 0.15) is 76.3 Å². The number of likely N-dealkylation sites (tertiary alicyclic amines) is 1. The molecule has 6 heteroatoms.